The number of aromatic nitrogens is 3. The fourth-order valence-electron chi connectivity index (χ4n) is 5.78. The third-order valence-electron chi connectivity index (χ3n) is 8.44. The first-order valence-corrected chi connectivity index (χ1v) is 15.5. The number of nitrogens with zero attached hydrogens (tertiary/aromatic N) is 4. The van der Waals surface area contributed by atoms with Crippen LogP contribution in [0, 0.1) is 18.8 Å². The van der Waals surface area contributed by atoms with E-state index in [1.54, 1.807) is 13.1 Å². The highest BCUT2D eigenvalue weighted by Crippen LogP contribution is 2.41. The van der Waals surface area contributed by atoms with Gasteiger partial charge in [-0.3, -0.25) is 9.78 Å². The number of esters is 1. The molecule has 0 amide bonds. The molecular formula is C34H45F2N5O3. The minimum atomic E-state index is -2.59. The van der Waals surface area contributed by atoms with Crippen molar-refractivity contribution in [3.8, 4) is 11.3 Å². The molecule has 1 aliphatic carbocycles. The van der Waals surface area contributed by atoms with Gasteiger partial charge in [0.25, 0.3) is 6.43 Å². The Morgan fingerprint density at radius 3 is 2.48 bits per heavy atom. The summed E-state index contributed by atoms with van der Waals surface area (Å²) in [5.74, 6) is 0.507. The van der Waals surface area contributed by atoms with Crippen molar-refractivity contribution in [2.24, 2.45) is 11.8 Å². The number of alkyl halides is 2. The van der Waals surface area contributed by atoms with E-state index >= 15 is 0 Å². The van der Waals surface area contributed by atoms with E-state index < -0.39 is 12.0 Å². The van der Waals surface area contributed by atoms with Crippen LogP contribution in [0.5, 0.6) is 0 Å². The lowest BCUT2D eigenvalue weighted by Gasteiger charge is -2.37. The molecule has 3 aromatic rings. The minimum Gasteiger partial charge on any atom is -0.465 e. The van der Waals surface area contributed by atoms with Gasteiger partial charge in [0.1, 0.15) is 17.2 Å². The molecule has 3 heterocycles. The first-order valence-electron chi connectivity index (χ1n) is 15.5. The molecule has 3 aromatic heterocycles. The highest BCUT2D eigenvalue weighted by molar-refractivity contribution is 5.72. The van der Waals surface area contributed by atoms with Gasteiger partial charge in [-0.25, -0.2) is 18.7 Å². The molecule has 0 aliphatic heterocycles. The number of nitrogens with one attached hydrogen (secondary N) is 1. The summed E-state index contributed by atoms with van der Waals surface area (Å²) in [5.41, 5.74) is 1.65. The van der Waals surface area contributed by atoms with Crippen molar-refractivity contribution in [2.75, 3.05) is 32.6 Å². The Bertz CT molecular complexity index is 1360. The molecule has 1 atom stereocenters. The van der Waals surface area contributed by atoms with Crippen LogP contribution in [-0.4, -0.2) is 58.2 Å². The number of carbonyl (C=O) groups excluding carboxylic acids is 1. The van der Waals surface area contributed by atoms with Crippen molar-refractivity contribution in [2.45, 2.75) is 77.2 Å². The Kier molecular flexibility index (Phi) is 11.7. The van der Waals surface area contributed by atoms with Gasteiger partial charge in [0.05, 0.1) is 23.9 Å². The van der Waals surface area contributed by atoms with Crippen LogP contribution in [-0.2, 0) is 15.1 Å². The second-order valence-electron chi connectivity index (χ2n) is 12.3. The summed E-state index contributed by atoms with van der Waals surface area (Å²) >= 11 is 0. The summed E-state index contributed by atoms with van der Waals surface area (Å²) in [6, 6.07) is 10.0. The van der Waals surface area contributed by atoms with Crippen LogP contribution in [0.4, 0.5) is 20.4 Å². The van der Waals surface area contributed by atoms with Gasteiger partial charge < -0.3 is 20.1 Å². The van der Waals surface area contributed by atoms with Gasteiger partial charge in [-0.1, -0.05) is 12.8 Å². The molecule has 0 aromatic carbocycles. The van der Waals surface area contributed by atoms with Crippen molar-refractivity contribution < 1.29 is 23.4 Å². The predicted octanol–water partition coefficient (Wildman–Crippen LogP) is 7.21. The summed E-state index contributed by atoms with van der Waals surface area (Å²) in [5, 5.41) is 14.5. The number of aryl methyl sites for hydroxylation is 1. The molecule has 4 rings (SSSR count). The van der Waals surface area contributed by atoms with E-state index in [-0.39, 0.29) is 29.2 Å². The van der Waals surface area contributed by atoms with Crippen LogP contribution in [0.1, 0.15) is 81.5 Å². The molecule has 0 unspecified atom stereocenters. The summed E-state index contributed by atoms with van der Waals surface area (Å²) in [4.78, 5) is 28.2. The van der Waals surface area contributed by atoms with E-state index in [0.29, 0.717) is 36.7 Å². The van der Waals surface area contributed by atoms with Crippen molar-refractivity contribution in [3.05, 3.63) is 65.6 Å². The van der Waals surface area contributed by atoms with Crippen molar-refractivity contribution in [1.29, 1.82) is 0 Å². The van der Waals surface area contributed by atoms with E-state index in [9.17, 15) is 18.7 Å². The van der Waals surface area contributed by atoms with Crippen LogP contribution in [0.15, 0.2) is 48.8 Å². The number of anilines is 2. The first kappa shape index (κ1) is 33.4. The highest BCUT2D eigenvalue weighted by Gasteiger charge is 2.39. The van der Waals surface area contributed by atoms with Gasteiger partial charge in [0, 0.05) is 23.5 Å². The second kappa shape index (κ2) is 15.5. The van der Waals surface area contributed by atoms with Gasteiger partial charge in [-0.15, -0.1) is 0 Å². The predicted molar refractivity (Wildman–Crippen MR) is 168 cm³/mol. The summed E-state index contributed by atoms with van der Waals surface area (Å²) < 4.78 is 31.8. The van der Waals surface area contributed by atoms with Crippen molar-refractivity contribution >= 4 is 17.6 Å². The molecule has 1 fully saturated rings. The Morgan fingerprint density at radius 1 is 1.05 bits per heavy atom. The molecular weight excluding hydrogens is 564 g/mol. The van der Waals surface area contributed by atoms with Gasteiger partial charge in [0.15, 0.2) is 0 Å². The highest BCUT2D eigenvalue weighted by atomic mass is 19.3. The van der Waals surface area contributed by atoms with Gasteiger partial charge in [0.2, 0.25) is 0 Å². The van der Waals surface area contributed by atoms with Crippen LogP contribution < -0.4 is 5.32 Å². The van der Waals surface area contributed by atoms with Crippen LogP contribution in [0.25, 0.3) is 11.3 Å². The maximum atomic E-state index is 13.1. The normalized spacial score (nSPS) is 18.3. The summed E-state index contributed by atoms with van der Waals surface area (Å²) in [6.45, 7) is 5.27. The van der Waals surface area contributed by atoms with E-state index in [1.807, 2.05) is 31.2 Å². The smallest absolute Gasteiger partial charge is 0.308 e. The average Bonchev–Trinajstić information content (AvgIpc) is 3.00. The average molecular weight is 610 g/mol. The quantitative estimate of drug-likeness (QED) is 0.146. The Morgan fingerprint density at radius 2 is 1.80 bits per heavy atom. The van der Waals surface area contributed by atoms with E-state index in [4.69, 9.17) is 4.74 Å². The van der Waals surface area contributed by atoms with E-state index in [2.05, 4.69) is 39.3 Å². The number of hydrogen-bond acceptors (Lipinski definition) is 8. The summed E-state index contributed by atoms with van der Waals surface area (Å²) in [6.07, 6.45) is 7.52. The number of hydrogen-bond donors (Lipinski definition) is 2. The number of ether oxygens (including phenoxy) is 1. The first-order chi connectivity index (χ1) is 21.0. The molecule has 0 saturated heterocycles. The number of rotatable bonds is 14. The third kappa shape index (κ3) is 9.25. The monoisotopic (exact) mass is 609 g/mol. The van der Waals surface area contributed by atoms with Gasteiger partial charge >= 0.3 is 5.97 Å². The molecule has 1 aliphatic rings. The van der Waals surface area contributed by atoms with E-state index in [1.165, 1.54) is 18.3 Å². The van der Waals surface area contributed by atoms with E-state index in [0.717, 1.165) is 56.2 Å². The lowest BCUT2D eigenvalue weighted by atomic mass is 9.73. The molecule has 0 spiro atoms. The molecule has 238 valence electrons. The maximum Gasteiger partial charge on any atom is 0.308 e. The zero-order chi connectivity index (χ0) is 31.7. The van der Waals surface area contributed by atoms with Gasteiger partial charge in [-0.2, -0.15) is 0 Å². The molecule has 8 nitrogen and oxygen atoms in total. The maximum absolute atomic E-state index is 13.1. The Hall–Kier alpha value is -3.50. The number of carbonyl (C=O) groups is 1. The number of pyridine rings is 3. The fraction of sp³-hybridized carbons (Fsp3) is 0.529. The third-order valence-corrected chi connectivity index (χ3v) is 8.44. The van der Waals surface area contributed by atoms with Crippen LogP contribution in [0.2, 0.25) is 0 Å². The lowest BCUT2D eigenvalue weighted by molar-refractivity contribution is -0.151. The fourth-order valence-corrected chi connectivity index (χ4v) is 5.78. The number of unbranched alkanes of at least 4 members (excludes halogenated alkanes) is 3. The van der Waals surface area contributed by atoms with Crippen LogP contribution in [0.3, 0.4) is 0 Å². The van der Waals surface area contributed by atoms with Gasteiger partial charge in [-0.05, 0) is 121 Å². The zero-order valence-electron chi connectivity index (χ0n) is 26.2. The number of halogens is 2. The summed E-state index contributed by atoms with van der Waals surface area (Å²) in [7, 11) is 4.15. The minimum absolute atomic E-state index is 0.0222. The Balaban J connectivity index is 1.31. The van der Waals surface area contributed by atoms with Crippen molar-refractivity contribution in [3.63, 3.8) is 0 Å². The molecule has 10 heteroatoms. The standard InChI is InChI=1S/C34H45F2N5O3/c1-23-19-28(39-31(20-23)40-30-21-25(32(35)36)15-16-37-30)26-11-14-29(38-22-26)34(2,43)27-12-9-24(10-13-27)33(42)44-18-8-6-5-7-17-41(3)4/h11,14-16,19-22,24,27,32,43H,5-10,12-13,17-18H2,1-4H3,(H,37,39,40)/t24?,27?,34-/m1/s1. The molecule has 0 radical (unpaired) electrons. The number of aliphatic hydroxyl groups is 1. The largest absolute Gasteiger partial charge is 0.465 e. The Labute approximate surface area is 259 Å². The SMILES string of the molecule is Cc1cc(Nc2cc(C(F)F)ccn2)nc(-c2ccc([C@](C)(O)C3CCC(C(=O)OCCCCCCN(C)C)CC3)nc2)c1. The lowest BCUT2D eigenvalue weighted by Crippen LogP contribution is -2.37. The molecule has 44 heavy (non-hydrogen) atoms. The molecule has 1 saturated carbocycles. The topological polar surface area (TPSA) is 100 Å². The second-order valence-corrected chi connectivity index (χ2v) is 12.3. The zero-order valence-corrected chi connectivity index (χ0v) is 26.2. The molecule has 2 N–H and O–H groups in total. The molecule has 0 bridgehead atoms. The van der Waals surface area contributed by atoms with Crippen molar-refractivity contribution in [1.82, 2.24) is 19.9 Å². The van der Waals surface area contributed by atoms with Crippen LogP contribution >= 0.6 is 0 Å².